The van der Waals surface area contributed by atoms with Crippen LogP contribution in [0.4, 0.5) is 0 Å². The molecule has 5 heteroatoms. The highest BCUT2D eigenvalue weighted by molar-refractivity contribution is 6.11. The summed E-state index contributed by atoms with van der Waals surface area (Å²) in [6, 6.07) is 0. The van der Waals surface area contributed by atoms with Crippen LogP contribution in [0.2, 0.25) is 0 Å². The molecule has 0 aromatic rings. The smallest absolute Gasteiger partial charge is 0.248 e. The normalized spacial score (nSPS) is 22.5. The number of unbranched alkanes of at least 4 members (excludes halogenated alkanes) is 1. The number of methoxy groups -OCH3 is 1. The fourth-order valence-corrected chi connectivity index (χ4v) is 2.36. The molecule has 1 N–H and O–H groups in total. The first kappa shape index (κ1) is 15.4. The van der Waals surface area contributed by atoms with E-state index < -0.39 is 0 Å². The van der Waals surface area contributed by atoms with Crippen molar-refractivity contribution in [2.75, 3.05) is 13.7 Å². The SMILES string of the molecule is CCCCC(=O)N=C1C=CC2C(COC)=CC(=O)NC2=C1. The summed E-state index contributed by atoms with van der Waals surface area (Å²) in [5.41, 5.74) is 2.24. The monoisotopic (exact) mass is 288 g/mol. The van der Waals surface area contributed by atoms with Crippen LogP contribution in [0.1, 0.15) is 26.2 Å². The zero-order valence-electron chi connectivity index (χ0n) is 12.4. The fourth-order valence-electron chi connectivity index (χ4n) is 2.36. The van der Waals surface area contributed by atoms with Crippen molar-refractivity contribution in [3.63, 3.8) is 0 Å². The van der Waals surface area contributed by atoms with Crippen LogP contribution in [0.25, 0.3) is 0 Å². The summed E-state index contributed by atoms with van der Waals surface area (Å²) >= 11 is 0. The Morgan fingerprint density at radius 1 is 1.43 bits per heavy atom. The molecule has 1 aliphatic carbocycles. The van der Waals surface area contributed by atoms with Gasteiger partial charge in [-0.15, -0.1) is 0 Å². The predicted octanol–water partition coefficient (Wildman–Crippen LogP) is 1.92. The summed E-state index contributed by atoms with van der Waals surface area (Å²) in [5, 5.41) is 2.80. The number of amides is 2. The van der Waals surface area contributed by atoms with E-state index >= 15 is 0 Å². The van der Waals surface area contributed by atoms with Gasteiger partial charge in [0, 0.05) is 31.2 Å². The molecule has 2 rings (SSSR count). The Hall–Kier alpha value is -2.01. The lowest BCUT2D eigenvalue weighted by Crippen LogP contribution is -2.34. The lowest BCUT2D eigenvalue weighted by Gasteiger charge is -2.27. The number of aliphatic imine (C=N–C) groups is 1. The highest BCUT2D eigenvalue weighted by Crippen LogP contribution is 2.27. The number of carbonyl (C=O) groups excluding carboxylic acids is 2. The number of allylic oxidation sites excluding steroid dienone is 3. The summed E-state index contributed by atoms with van der Waals surface area (Å²) < 4.78 is 5.12. The summed E-state index contributed by atoms with van der Waals surface area (Å²) in [6.45, 7) is 2.44. The van der Waals surface area contributed by atoms with E-state index in [0.29, 0.717) is 18.7 Å². The van der Waals surface area contributed by atoms with Crippen molar-refractivity contribution in [1.29, 1.82) is 0 Å². The third-order valence-corrected chi connectivity index (χ3v) is 3.39. The van der Waals surface area contributed by atoms with Gasteiger partial charge in [-0.05, 0) is 24.1 Å². The van der Waals surface area contributed by atoms with Crippen LogP contribution in [0.3, 0.4) is 0 Å². The first-order chi connectivity index (χ1) is 10.1. The highest BCUT2D eigenvalue weighted by Gasteiger charge is 2.26. The van der Waals surface area contributed by atoms with E-state index in [9.17, 15) is 9.59 Å². The Labute approximate surface area is 124 Å². The van der Waals surface area contributed by atoms with Crippen molar-refractivity contribution >= 4 is 17.5 Å². The second kappa shape index (κ2) is 7.13. The fraction of sp³-hybridized carbons (Fsp3) is 0.438. The van der Waals surface area contributed by atoms with Crippen molar-refractivity contribution in [1.82, 2.24) is 5.32 Å². The number of rotatable bonds is 5. The van der Waals surface area contributed by atoms with E-state index in [4.69, 9.17) is 4.74 Å². The van der Waals surface area contributed by atoms with Crippen LogP contribution in [-0.4, -0.2) is 31.2 Å². The van der Waals surface area contributed by atoms with Crippen molar-refractivity contribution < 1.29 is 14.3 Å². The van der Waals surface area contributed by atoms with Gasteiger partial charge < -0.3 is 10.1 Å². The molecule has 1 heterocycles. The molecule has 2 amide bonds. The molecule has 2 aliphatic rings. The molecule has 0 radical (unpaired) electrons. The summed E-state index contributed by atoms with van der Waals surface area (Å²) in [6.07, 6.45) is 9.35. The molecule has 112 valence electrons. The maximum atomic E-state index is 11.7. The zero-order chi connectivity index (χ0) is 15.2. The van der Waals surface area contributed by atoms with Crippen LogP contribution in [0.5, 0.6) is 0 Å². The van der Waals surface area contributed by atoms with E-state index in [0.717, 1.165) is 24.1 Å². The molecule has 5 nitrogen and oxygen atoms in total. The minimum Gasteiger partial charge on any atom is -0.380 e. The number of fused-ring (bicyclic) bond motifs is 1. The van der Waals surface area contributed by atoms with Gasteiger partial charge in [0.05, 0.1) is 12.3 Å². The van der Waals surface area contributed by atoms with Crippen molar-refractivity contribution in [3.05, 3.63) is 35.6 Å². The van der Waals surface area contributed by atoms with Crippen LogP contribution in [0, 0.1) is 5.92 Å². The second-order valence-electron chi connectivity index (χ2n) is 5.11. The molecule has 0 saturated carbocycles. The topological polar surface area (TPSA) is 67.8 Å². The Balaban J connectivity index is 2.15. The van der Waals surface area contributed by atoms with Crippen molar-refractivity contribution in [2.24, 2.45) is 10.9 Å². The van der Waals surface area contributed by atoms with Crippen LogP contribution >= 0.6 is 0 Å². The van der Waals surface area contributed by atoms with Gasteiger partial charge in [0.25, 0.3) is 0 Å². The van der Waals surface area contributed by atoms with Gasteiger partial charge in [-0.3, -0.25) is 9.59 Å². The summed E-state index contributed by atoms with van der Waals surface area (Å²) in [5.74, 6) is -0.301. The third-order valence-electron chi connectivity index (χ3n) is 3.39. The molecule has 0 aromatic heterocycles. The number of hydrogen-bond acceptors (Lipinski definition) is 3. The average molecular weight is 288 g/mol. The van der Waals surface area contributed by atoms with Crippen LogP contribution in [0.15, 0.2) is 40.6 Å². The maximum Gasteiger partial charge on any atom is 0.248 e. The predicted molar refractivity (Wildman–Crippen MR) is 80.8 cm³/mol. The minimum absolute atomic E-state index is 0.00709. The van der Waals surface area contributed by atoms with Crippen LogP contribution < -0.4 is 5.32 Å². The molecular formula is C16H20N2O3. The van der Waals surface area contributed by atoms with Gasteiger partial charge in [0.2, 0.25) is 11.8 Å². The quantitative estimate of drug-likeness (QED) is 0.840. The van der Waals surface area contributed by atoms with Gasteiger partial charge in [-0.2, -0.15) is 0 Å². The first-order valence-electron chi connectivity index (χ1n) is 7.15. The highest BCUT2D eigenvalue weighted by atomic mass is 16.5. The third kappa shape index (κ3) is 3.98. The van der Waals surface area contributed by atoms with E-state index in [1.54, 1.807) is 19.3 Å². The molecule has 0 bridgehead atoms. The van der Waals surface area contributed by atoms with Crippen molar-refractivity contribution in [2.45, 2.75) is 26.2 Å². The Bertz CT molecular complexity index is 556. The van der Waals surface area contributed by atoms with Gasteiger partial charge in [-0.1, -0.05) is 19.4 Å². The number of nitrogens with one attached hydrogen (secondary N) is 1. The number of carbonyl (C=O) groups is 2. The van der Waals surface area contributed by atoms with E-state index in [1.165, 1.54) is 0 Å². The van der Waals surface area contributed by atoms with Gasteiger partial charge >= 0.3 is 0 Å². The second-order valence-corrected chi connectivity index (χ2v) is 5.11. The average Bonchev–Trinajstić information content (AvgIpc) is 2.45. The Morgan fingerprint density at radius 3 is 2.95 bits per heavy atom. The van der Waals surface area contributed by atoms with Gasteiger partial charge in [-0.25, -0.2) is 4.99 Å². The first-order valence-corrected chi connectivity index (χ1v) is 7.15. The maximum absolute atomic E-state index is 11.7. The van der Waals surface area contributed by atoms with Crippen molar-refractivity contribution in [3.8, 4) is 0 Å². The molecule has 1 unspecified atom stereocenters. The molecular weight excluding hydrogens is 268 g/mol. The van der Waals surface area contributed by atoms with E-state index in [2.05, 4.69) is 10.3 Å². The lowest BCUT2D eigenvalue weighted by molar-refractivity contribution is -0.118. The van der Waals surface area contributed by atoms with E-state index in [-0.39, 0.29) is 17.7 Å². The minimum atomic E-state index is -0.170. The molecule has 1 aliphatic heterocycles. The summed E-state index contributed by atoms with van der Waals surface area (Å²) in [4.78, 5) is 27.4. The largest absolute Gasteiger partial charge is 0.380 e. The summed E-state index contributed by atoms with van der Waals surface area (Å²) in [7, 11) is 1.60. The Kier molecular flexibility index (Phi) is 5.22. The molecule has 21 heavy (non-hydrogen) atoms. The molecule has 0 saturated heterocycles. The number of nitrogens with zero attached hydrogens (tertiary/aromatic N) is 1. The zero-order valence-corrected chi connectivity index (χ0v) is 12.4. The standard InChI is InChI=1S/C16H20N2O3/c1-3-4-5-15(19)17-12-6-7-13-11(10-21-2)8-16(20)18-14(13)9-12/h6-9,13H,3-5,10H2,1-2H3,(H,18,20). The molecule has 1 atom stereocenters. The van der Waals surface area contributed by atoms with Gasteiger partial charge in [0.1, 0.15) is 0 Å². The van der Waals surface area contributed by atoms with E-state index in [1.807, 2.05) is 19.1 Å². The molecule has 0 aromatic carbocycles. The Morgan fingerprint density at radius 2 is 2.24 bits per heavy atom. The van der Waals surface area contributed by atoms with Gasteiger partial charge in [0.15, 0.2) is 0 Å². The number of ether oxygens (including phenoxy) is 1. The molecule has 0 fully saturated rings. The molecule has 0 spiro atoms. The lowest BCUT2D eigenvalue weighted by atomic mass is 9.88. The van der Waals surface area contributed by atoms with Crippen LogP contribution in [-0.2, 0) is 14.3 Å². The number of hydrogen-bond donors (Lipinski definition) is 1.